The standard InChI is InChI=1S/C14H15BrN4O/c1-9-4-3-5-11(18-9)8-19(2)14(20)12-6-10(15)7-17-13(12)16/h3-7H,8H2,1-2H3,(H2,16,17). The largest absolute Gasteiger partial charge is 0.383 e. The lowest BCUT2D eigenvalue weighted by Crippen LogP contribution is -2.27. The first-order valence-electron chi connectivity index (χ1n) is 6.06. The van der Waals surface area contributed by atoms with Crippen LogP contribution in [0, 0.1) is 6.92 Å². The number of carbonyl (C=O) groups is 1. The first kappa shape index (κ1) is 14.5. The molecule has 2 aromatic heterocycles. The van der Waals surface area contributed by atoms with E-state index in [0.29, 0.717) is 12.1 Å². The van der Waals surface area contributed by atoms with Gasteiger partial charge in [-0.1, -0.05) is 6.07 Å². The smallest absolute Gasteiger partial charge is 0.257 e. The molecular weight excluding hydrogens is 320 g/mol. The lowest BCUT2D eigenvalue weighted by molar-refractivity contribution is 0.0784. The van der Waals surface area contributed by atoms with Gasteiger partial charge in [0.2, 0.25) is 0 Å². The first-order chi connectivity index (χ1) is 9.47. The number of rotatable bonds is 3. The molecule has 104 valence electrons. The van der Waals surface area contributed by atoms with Crippen LogP contribution in [0.5, 0.6) is 0 Å². The Morgan fingerprint density at radius 3 is 2.90 bits per heavy atom. The third-order valence-corrected chi connectivity index (χ3v) is 3.24. The summed E-state index contributed by atoms with van der Waals surface area (Å²) in [4.78, 5) is 22.3. The number of nitrogens with two attached hydrogens (primary N) is 1. The van der Waals surface area contributed by atoms with E-state index < -0.39 is 0 Å². The van der Waals surface area contributed by atoms with Crippen LogP contribution < -0.4 is 5.73 Å². The number of anilines is 1. The van der Waals surface area contributed by atoms with Gasteiger partial charge in [-0.05, 0) is 41.1 Å². The van der Waals surface area contributed by atoms with Gasteiger partial charge in [-0.15, -0.1) is 0 Å². The van der Waals surface area contributed by atoms with Gasteiger partial charge < -0.3 is 10.6 Å². The van der Waals surface area contributed by atoms with E-state index in [9.17, 15) is 4.79 Å². The number of amides is 1. The molecule has 2 N–H and O–H groups in total. The molecule has 0 fully saturated rings. The Morgan fingerprint density at radius 1 is 1.45 bits per heavy atom. The Bertz CT molecular complexity index is 645. The van der Waals surface area contributed by atoms with Crippen molar-refractivity contribution in [1.29, 1.82) is 0 Å². The van der Waals surface area contributed by atoms with Crippen LogP contribution in [0.4, 0.5) is 5.82 Å². The fraction of sp³-hybridized carbons (Fsp3) is 0.214. The van der Waals surface area contributed by atoms with E-state index in [1.54, 1.807) is 24.2 Å². The van der Waals surface area contributed by atoms with E-state index in [-0.39, 0.29) is 11.7 Å². The summed E-state index contributed by atoms with van der Waals surface area (Å²) in [7, 11) is 1.71. The highest BCUT2D eigenvalue weighted by Gasteiger charge is 2.16. The third kappa shape index (κ3) is 3.33. The summed E-state index contributed by atoms with van der Waals surface area (Å²) in [5, 5.41) is 0. The zero-order valence-corrected chi connectivity index (χ0v) is 12.9. The number of hydrogen-bond acceptors (Lipinski definition) is 4. The van der Waals surface area contributed by atoms with Crippen molar-refractivity contribution in [3.63, 3.8) is 0 Å². The number of halogens is 1. The van der Waals surface area contributed by atoms with Crippen molar-refractivity contribution in [3.8, 4) is 0 Å². The van der Waals surface area contributed by atoms with Crippen LogP contribution in [-0.4, -0.2) is 27.8 Å². The zero-order valence-electron chi connectivity index (χ0n) is 11.3. The van der Waals surface area contributed by atoms with Gasteiger partial charge in [0.05, 0.1) is 17.8 Å². The molecule has 0 spiro atoms. The highest BCUT2D eigenvalue weighted by molar-refractivity contribution is 9.10. The van der Waals surface area contributed by atoms with Crippen LogP contribution in [0.15, 0.2) is 34.9 Å². The number of aromatic nitrogens is 2. The quantitative estimate of drug-likeness (QED) is 0.935. The SMILES string of the molecule is Cc1cccc(CN(C)C(=O)c2cc(Br)cnc2N)n1. The van der Waals surface area contributed by atoms with Crippen LogP contribution in [-0.2, 0) is 6.54 Å². The van der Waals surface area contributed by atoms with E-state index in [2.05, 4.69) is 25.9 Å². The molecule has 2 rings (SSSR count). The van der Waals surface area contributed by atoms with Gasteiger partial charge >= 0.3 is 0 Å². The number of hydrogen-bond donors (Lipinski definition) is 1. The van der Waals surface area contributed by atoms with E-state index >= 15 is 0 Å². The van der Waals surface area contributed by atoms with Gasteiger partial charge in [0.1, 0.15) is 5.82 Å². The molecule has 0 radical (unpaired) electrons. The van der Waals surface area contributed by atoms with Gasteiger partial charge in [-0.3, -0.25) is 9.78 Å². The molecule has 1 amide bonds. The Labute approximate surface area is 126 Å². The summed E-state index contributed by atoms with van der Waals surface area (Å²) in [6.45, 7) is 2.34. The number of nitrogen functional groups attached to an aromatic ring is 1. The molecule has 0 aliphatic rings. The minimum Gasteiger partial charge on any atom is -0.383 e. The first-order valence-corrected chi connectivity index (χ1v) is 6.85. The number of pyridine rings is 2. The van der Waals surface area contributed by atoms with Crippen LogP contribution in [0.2, 0.25) is 0 Å². The van der Waals surface area contributed by atoms with Gasteiger partial charge in [-0.2, -0.15) is 0 Å². The molecule has 0 saturated heterocycles. The normalized spacial score (nSPS) is 10.3. The lowest BCUT2D eigenvalue weighted by Gasteiger charge is -2.17. The van der Waals surface area contributed by atoms with Crippen molar-refractivity contribution in [2.45, 2.75) is 13.5 Å². The second-order valence-corrected chi connectivity index (χ2v) is 5.43. The Kier molecular flexibility index (Phi) is 4.34. The maximum absolute atomic E-state index is 12.4. The van der Waals surface area contributed by atoms with Crippen LogP contribution in [0.1, 0.15) is 21.7 Å². The van der Waals surface area contributed by atoms with Gasteiger partial charge in [-0.25, -0.2) is 4.98 Å². The molecule has 2 heterocycles. The number of nitrogens with zero attached hydrogens (tertiary/aromatic N) is 3. The van der Waals surface area contributed by atoms with Crippen LogP contribution >= 0.6 is 15.9 Å². The van der Waals surface area contributed by atoms with E-state index in [4.69, 9.17) is 5.73 Å². The fourth-order valence-corrected chi connectivity index (χ4v) is 2.16. The molecule has 0 aliphatic carbocycles. The molecule has 5 nitrogen and oxygen atoms in total. The molecule has 0 atom stereocenters. The predicted octanol–water partition coefficient (Wildman–Crippen LogP) is 2.40. The summed E-state index contributed by atoms with van der Waals surface area (Å²) in [5.41, 5.74) is 7.89. The molecule has 0 bridgehead atoms. The number of aryl methyl sites for hydroxylation is 1. The molecule has 6 heteroatoms. The van der Waals surface area contributed by atoms with Crippen LogP contribution in [0.25, 0.3) is 0 Å². The summed E-state index contributed by atoms with van der Waals surface area (Å²) >= 11 is 3.29. The molecule has 0 saturated carbocycles. The predicted molar refractivity (Wildman–Crippen MR) is 81.1 cm³/mol. The van der Waals surface area contributed by atoms with E-state index in [1.165, 1.54) is 0 Å². The molecular formula is C14H15BrN4O. The van der Waals surface area contributed by atoms with Crippen molar-refractivity contribution in [1.82, 2.24) is 14.9 Å². The van der Waals surface area contributed by atoms with Gasteiger partial charge in [0.25, 0.3) is 5.91 Å². The monoisotopic (exact) mass is 334 g/mol. The minimum absolute atomic E-state index is 0.181. The van der Waals surface area contributed by atoms with E-state index in [0.717, 1.165) is 15.9 Å². The Balaban J connectivity index is 2.18. The van der Waals surface area contributed by atoms with Crippen LogP contribution in [0.3, 0.4) is 0 Å². The van der Waals surface area contributed by atoms with E-state index in [1.807, 2.05) is 25.1 Å². The molecule has 20 heavy (non-hydrogen) atoms. The molecule has 0 aliphatic heterocycles. The maximum Gasteiger partial charge on any atom is 0.257 e. The molecule has 0 unspecified atom stereocenters. The Morgan fingerprint density at radius 2 is 2.20 bits per heavy atom. The van der Waals surface area contributed by atoms with Gasteiger partial charge in [0, 0.05) is 23.4 Å². The summed E-state index contributed by atoms with van der Waals surface area (Å²) < 4.78 is 0.720. The van der Waals surface area contributed by atoms with Crippen molar-refractivity contribution in [2.24, 2.45) is 0 Å². The minimum atomic E-state index is -0.181. The maximum atomic E-state index is 12.4. The Hall–Kier alpha value is -1.95. The van der Waals surface area contributed by atoms with Crippen molar-refractivity contribution < 1.29 is 4.79 Å². The summed E-state index contributed by atoms with van der Waals surface area (Å²) in [5.74, 6) is 0.0434. The van der Waals surface area contributed by atoms with Crippen molar-refractivity contribution >= 4 is 27.7 Å². The lowest BCUT2D eigenvalue weighted by atomic mass is 10.2. The molecule has 0 aromatic carbocycles. The average Bonchev–Trinajstić information content (AvgIpc) is 2.40. The topological polar surface area (TPSA) is 72.1 Å². The summed E-state index contributed by atoms with van der Waals surface area (Å²) in [6.07, 6.45) is 1.56. The second kappa shape index (κ2) is 6.00. The summed E-state index contributed by atoms with van der Waals surface area (Å²) in [6, 6.07) is 7.40. The third-order valence-electron chi connectivity index (χ3n) is 2.81. The highest BCUT2D eigenvalue weighted by atomic mass is 79.9. The molecule has 2 aromatic rings. The van der Waals surface area contributed by atoms with Crippen molar-refractivity contribution in [2.75, 3.05) is 12.8 Å². The zero-order chi connectivity index (χ0) is 14.7. The highest BCUT2D eigenvalue weighted by Crippen LogP contribution is 2.17. The second-order valence-electron chi connectivity index (χ2n) is 4.52. The van der Waals surface area contributed by atoms with Crippen molar-refractivity contribution in [3.05, 3.63) is 51.9 Å². The fourth-order valence-electron chi connectivity index (χ4n) is 1.83. The van der Waals surface area contributed by atoms with Gasteiger partial charge in [0.15, 0.2) is 0 Å². The number of carbonyl (C=O) groups excluding carboxylic acids is 1. The average molecular weight is 335 g/mol.